The first-order valence-electron chi connectivity index (χ1n) is 6.39. The first-order chi connectivity index (χ1) is 9.02. The van der Waals surface area contributed by atoms with Crippen LogP contribution in [0.3, 0.4) is 0 Å². The third-order valence-electron chi connectivity index (χ3n) is 3.66. The molecule has 0 aliphatic carbocycles. The van der Waals surface area contributed by atoms with E-state index in [-0.39, 0.29) is 24.5 Å². The van der Waals surface area contributed by atoms with Crippen LogP contribution in [0.5, 0.6) is 0 Å². The number of aliphatic hydroxyl groups is 1. The molecule has 2 unspecified atom stereocenters. The number of aliphatic hydroxyl groups excluding tert-OH is 1. The van der Waals surface area contributed by atoms with E-state index in [2.05, 4.69) is 15.9 Å². The molecule has 1 fully saturated rings. The van der Waals surface area contributed by atoms with E-state index in [0.717, 1.165) is 17.3 Å². The molecule has 1 amide bonds. The van der Waals surface area contributed by atoms with Gasteiger partial charge in [0.15, 0.2) is 0 Å². The van der Waals surface area contributed by atoms with E-state index in [1.807, 2.05) is 17.9 Å². The van der Waals surface area contributed by atoms with Crippen molar-refractivity contribution in [1.29, 1.82) is 0 Å². The molecule has 19 heavy (non-hydrogen) atoms. The molecule has 2 atom stereocenters. The van der Waals surface area contributed by atoms with Gasteiger partial charge in [-0.3, -0.25) is 4.79 Å². The van der Waals surface area contributed by atoms with Crippen LogP contribution in [0.25, 0.3) is 0 Å². The normalized spacial score (nSPS) is 23.5. The van der Waals surface area contributed by atoms with Crippen molar-refractivity contribution in [3.05, 3.63) is 33.3 Å². The molecule has 1 N–H and O–H groups in total. The van der Waals surface area contributed by atoms with Gasteiger partial charge in [-0.05, 0) is 43.9 Å². The zero-order valence-electron chi connectivity index (χ0n) is 10.8. The lowest BCUT2D eigenvalue weighted by molar-refractivity contribution is 0.0489. The maximum Gasteiger partial charge on any atom is 0.255 e. The third-order valence-corrected chi connectivity index (χ3v) is 4.47. The summed E-state index contributed by atoms with van der Waals surface area (Å²) >= 11 is 9.47. The van der Waals surface area contributed by atoms with Crippen LogP contribution >= 0.6 is 27.5 Å². The second kappa shape index (κ2) is 6.25. The Morgan fingerprint density at radius 2 is 2.26 bits per heavy atom. The molecule has 0 saturated carbocycles. The van der Waals surface area contributed by atoms with Gasteiger partial charge in [0, 0.05) is 23.7 Å². The Morgan fingerprint density at radius 1 is 1.53 bits per heavy atom. The van der Waals surface area contributed by atoms with Gasteiger partial charge < -0.3 is 10.0 Å². The van der Waals surface area contributed by atoms with Crippen LogP contribution in [0.4, 0.5) is 0 Å². The zero-order chi connectivity index (χ0) is 14.0. The van der Waals surface area contributed by atoms with E-state index in [4.69, 9.17) is 11.6 Å². The van der Waals surface area contributed by atoms with Crippen molar-refractivity contribution in [2.24, 2.45) is 5.92 Å². The van der Waals surface area contributed by atoms with Gasteiger partial charge in [-0.2, -0.15) is 0 Å². The molecule has 0 aromatic heterocycles. The Labute approximate surface area is 126 Å². The number of carbonyl (C=O) groups is 1. The van der Waals surface area contributed by atoms with Crippen molar-refractivity contribution in [3.63, 3.8) is 0 Å². The van der Waals surface area contributed by atoms with Gasteiger partial charge >= 0.3 is 0 Å². The lowest BCUT2D eigenvalue weighted by atomic mass is 9.93. The minimum atomic E-state index is -0.0526. The minimum Gasteiger partial charge on any atom is -0.396 e. The highest BCUT2D eigenvalue weighted by molar-refractivity contribution is 9.10. The summed E-state index contributed by atoms with van der Waals surface area (Å²) < 4.78 is 0.856. The fourth-order valence-corrected chi connectivity index (χ4v) is 3.19. The molecule has 2 rings (SSSR count). The van der Waals surface area contributed by atoms with Crippen molar-refractivity contribution in [2.45, 2.75) is 25.8 Å². The lowest BCUT2D eigenvalue weighted by Gasteiger charge is -2.37. The quantitative estimate of drug-likeness (QED) is 0.892. The van der Waals surface area contributed by atoms with Crippen molar-refractivity contribution in [3.8, 4) is 0 Å². The molecular formula is C14H17BrClNO2. The van der Waals surface area contributed by atoms with Crippen LogP contribution in [0, 0.1) is 5.92 Å². The summed E-state index contributed by atoms with van der Waals surface area (Å²) in [6.45, 7) is 2.77. The summed E-state index contributed by atoms with van der Waals surface area (Å²) in [6, 6.07) is 5.48. The summed E-state index contributed by atoms with van der Waals surface area (Å²) in [7, 11) is 0. The third kappa shape index (κ3) is 3.30. The standard InChI is InChI=1S/C14H17BrClNO2/c1-9-2-3-10(8-18)7-17(9)14(19)12-5-4-11(15)6-13(12)16/h4-6,9-10,18H,2-3,7-8H2,1H3. The Kier molecular flexibility index (Phi) is 4.87. The molecule has 3 nitrogen and oxygen atoms in total. The summed E-state index contributed by atoms with van der Waals surface area (Å²) in [5.74, 6) is 0.123. The molecule has 1 aliphatic rings. The average Bonchev–Trinajstić information content (AvgIpc) is 2.38. The zero-order valence-corrected chi connectivity index (χ0v) is 13.1. The van der Waals surface area contributed by atoms with Crippen LogP contribution < -0.4 is 0 Å². The Bertz CT molecular complexity index is 481. The predicted octanol–water partition coefficient (Wildman–Crippen LogP) is 3.34. The molecule has 1 heterocycles. The number of likely N-dealkylation sites (tertiary alicyclic amines) is 1. The summed E-state index contributed by atoms with van der Waals surface area (Å²) in [4.78, 5) is 14.4. The predicted molar refractivity (Wildman–Crippen MR) is 79.5 cm³/mol. The van der Waals surface area contributed by atoms with Gasteiger partial charge in [0.2, 0.25) is 0 Å². The highest BCUT2D eigenvalue weighted by atomic mass is 79.9. The Morgan fingerprint density at radius 3 is 2.89 bits per heavy atom. The lowest BCUT2D eigenvalue weighted by Crippen LogP contribution is -2.46. The van der Waals surface area contributed by atoms with Gasteiger partial charge in [-0.25, -0.2) is 0 Å². The van der Waals surface area contributed by atoms with Crippen LogP contribution in [0.15, 0.2) is 22.7 Å². The Hall–Kier alpha value is -0.580. The molecule has 5 heteroatoms. The van der Waals surface area contributed by atoms with Crippen molar-refractivity contribution in [2.75, 3.05) is 13.2 Å². The molecule has 1 aromatic rings. The number of hydrogen-bond acceptors (Lipinski definition) is 2. The van der Waals surface area contributed by atoms with Crippen molar-refractivity contribution >= 4 is 33.4 Å². The van der Waals surface area contributed by atoms with Crippen LogP contribution in [0.1, 0.15) is 30.1 Å². The van der Waals surface area contributed by atoms with Crippen molar-refractivity contribution < 1.29 is 9.90 Å². The summed E-state index contributed by atoms with van der Waals surface area (Å²) in [5, 5.41) is 9.72. The molecule has 1 aliphatic heterocycles. The van der Waals surface area contributed by atoms with Gasteiger partial charge in [0.25, 0.3) is 5.91 Å². The number of hydrogen-bond donors (Lipinski definition) is 1. The number of piperidine rings is 1. The summed E-state index contributed by atoms with van der Waals surface area (Å²) in [6.07, 6.45) is 1.89. The molecule has 104 valence electrons. The molecule has 0 radical (unpaired) electrons. The smallest absolute Gasteiger partial charge is 0.255 e. The number of rotatable bonds is 2. The SMILES string of the molecule is CC1CCC(CO)CN1C(=O)c1ccc(Br)cc1Cl. The summed E-state index contributed by atoms with van der Waals surface area (Å²) in [5.41, 5.74) is 0.523. The van der Waals surface area contributed by atoms with E-state index in [9.17, 15) is 9.90 Å². The van der Waals surface area contributed by atoms with Crippen LogP contribution in [-0.4, -0.2) is 35.1 Å². The largest absolute Gasteiger partial charge is 0.396 e. The maximum absolute atomic E-state index is 12.5. The minimum absolute atomic E-state index is 0.0526. The number of nitrogens with zero attached hydrogens (tertiary/aromatic N) is 1. The molecular weight excluding hydrogens is 330 g/mol. The van der Waals surface area contributed by atoms with Gasteiger partial charge in [-0.15, -0.1) is 0 Å². The Balaban J connectivity index is 2.22. The first-order valence-corrected chi connectivity index (χ1v) is 7.57. The second-order valence-corrected chi connectivity index (χ2v) is 6.38. The number of benzene rings is 1. The van der Waals surface area contributed by atoms with Crippen LogP contribution in [-0.2, 0) is 0 Å². The molecule has 0 bridgehead atoms. The molecule has 1 saturated heterocycles. The number of amides is 1. The van der Waals surface area contributed by atoms with Crippen molar-refractivity contribution in [1.82, 2.24) is 4.90 Å². The van der Waals surface area contributed by atoms with E-state index < -0.39 is 0 Å². The monoisotopic (exact) mass is 345 g/mol. The number of halogens is 2. The fraction of sp³-hybridized carbons (Fsp3) is 0.500. The van der Waals surface area contributed by atoms with E-state index in [1.165, 1.54) is 0 Å². The highest BCUT2D eigenvalue weighted by Crippen LogP contribution is 2.27. The van der Waals surface area contributed by atoms with Gasteiger partial charge in [-0.1, -0.05) is 27.5 Å². The van der Waals surface area contributed by atoms with E-state index in [1.54, 1.807) is 12.1 Å². The topological polar surface area (TPSA) is 40.5 Å². The average molecular weight is 347 g/mol. The maximum atomic E-state index is 12.5. The van der Waals surface area contributed by atoms with Gasteiger partial charge in [0.05, 0.1) is 10.6 Å². The van der Waals surface area contributed by atoms with E-state index in [0.29, 0.717) is 17.1 Å². The fourth-order valence-electron chi connectivity index (χ4n) is 2.43. The molecule has 0 spiro atoms. The van der Waals surface area contributed by atoms with Crippen LogP contribution in [0.2, 0.25) is 5.02 Å². The first kappa shape index (κ1) is 14.8. The van der Waals surface area contributed by atoms with E-state index >= 15 is 0 Å². The van der Waals surface area contributed by atoms with Gasteiger partial charge in [0.1, 0.15) is 0 Å². The highest BCUT2D eigenvalue weighted by Gasteiger charge is 2.30. The second-order valence-electron chi connectivity index (χ2n) is 5.06. The molecule has 1 aromatic carbocycles. The number of carbonyl (C=O) groups excluding carboxylic acids is 1.